The quantitative estimate of drug-likeness (QED) is 0.870. The number of carbonyl (C=O) groups excluding carboxylic acids is 1. The van der Waals surface area contributed by atoms with Crippen LogP contribution in [0.4, 0.5) is 0 Å². The highest BCUT2D eigenvalue weighted by Crippen LogP contribution is 2.33. The Labute approximate surface area is 130 Å². The molecule has 1 saturated heterocycles. The minimum atomic E-state index is -0.0632. The number of nitrogens with zero attached hydrogens (tertiary/aromatic N) is 5. The van der Waals surface area contributed by atoms with Crippen molar-refractivity contribution in [2.24, 2.45) is 0 Å². The van der Waals surface area contributed by atoms with Gasteiger partial charge in [0.05, 0.1) is 17.9 Å². The van der Waals surface area contributed by atoms with Gasteiger partial charge in [-0.05, 0) is 39.3 Å². The fourth-order valence-corrected chi connectivity index (χ4v) is 3.28. The molecule has 0 saturated carbocycles. The molecular formula is C16H23N5O. The Morgan fingerprint density at radius 2 is 2.18 bits per heavy atom. The second-order valence-corrected chi connectivity index (χ2v) is 6.35. The molecule has 22 heavy (non-hydrogen) atoms. The molecule has 0 bridgehead atoms. The van der Waals surface area contributed by atoms with Gasteiger partial charge in [0, 0.05) is 26.3 Å². The molecule has 0 radical (unpaired) electrons. The SMILES string of the molecule is CC(C)N1CCCC1c1ccnc2c(C(=O)N(C)C)cnn12. The third kappa shape index (κ3) is 2.37. The molecule has 0 spiro atoms. The van der Waals surface area contributed by atoms with Gasteiger partial charge in [0.15, 0.2) is 5.65 Å². The fraction of sp³-hybridized carbons (Fsp3) is 0.562. The van der Waals surface area contributed by atoms with Crippen molar-refractivity contribution in [3.63, 3.8) is 0 Å². The minimum Gasteiger partial charge on any atom is -0.345 e. The largest absolute Gasteiger partial charge is 0.345 e. The van der Waals surface area contributed by atoms with E-state index in [1.165, 1.54) is 6.42 Å². The van der Waals surface area contributed by atoms with Crippen LogP contribution in [-0.2, 0) is 0 Å². The highest BCUT2D eigenvalue weighted by molar-refractivity contribution is 5.99. The summed E-state index contributed by atoms with van der Waals surface area (Å²) in [5.41, 5.74) is 2.32. The van der Waals surface area contributed by atoms with Gasteiger partial charge in [-0.15, -0.1) is 0 Å². The molecule has 2 aromatic rings. The molecule has 6 nitrogen and oxygen atoms in total. The molecule has 1 atom stereocenters. The summed E-state index contributed by atoms with van der Waals surface area (Å²) >= 11 is 0. The van der Waals surface area contributed by atoms with Crippen LogP contribution in [0.25, 0.3) is 5.65 Å². The zero-order valence-corrected chi connectivity index (χ0v) is 13.7. The highest BCUT2D eigenvalue weighted by atomic mass is 16.2. The number of hydrogen-bond donors (Lipinski definition) is 0. The van der Waals surface area contributed by atoms with Gasteiger partial charge in [-0.3, -0.25) is 9.69 Å². The van der Waals surface area contributed by atoms with Gasteiger partial charge in [-0.2, -0.15) is 5.10 Å². The fourth-order valence-electron chi connectivity index (χ4n) is 3.28. The standard InChI is InChI=1S/C16H23N5O/c1-11(2)20-9-5-6-13(20)14-7-8-17-15-12(10-18-21(14)15)16(22)19(3)4/h7-8,10-11,13H,5-6,9H2,1-4H3. The lowest BCUT2D eigenvalue weighted by molar-refractivity contribution is 0.0829. The summed E-state index contributed by atoms with van der Waals surface area (Å²) in [6, 6.07) is 2.86. The molecule has 0 N–H and O–H groups in total. The Kier molecular flexibility index (Phi) is 3.87. The number of amides is 1. The summed E-state index contributed by atoms with van der Waals surface area (Å²) in [6.45, 7) is 5.55. The molecule has 1 amide bonds. The molecule has 6 heteroatoms. The molecule has 1 aliphatic heterocycles. The van der Waals surface area contributed by atoms with Gasteiger partial charge in [-0.1, -0.05) is 0 Å². The van der Waals surface area contributed by atoms with E-state index in [2.05, 4.69) is 28.8 Å². The Bertz CT molecular complexity index is 691. The van der Waals surface area contributed by atoms with Crippen molar-refractivity contribution in [2.45, 2.75) is 38.8 Å². The zero-order valence-electron chi connectivity index (χ0n) is 13.7. The number of fused-ring (bicyclic) bond motifs is 1. The summed E-state index contributed by atoms with van der Waals surface area (Å²) < 4.78 is 1.84. The molecule has 3 rings (SSSR count). The lowest BCUT2D eigenvalue weighted by Crippen LogP contribution is -2.31. The minimum absolute atomic E-state index is 0.0632. The van der Waals surface area contributed by atoms with Gasteiger partial charge in [-0.25, -0.2) is 9.50 Å². The first-order chi connectivity index (χ1) is 10.5. The smallest absolute Gasteiger partial charge is 0.258 e. The van der Waals surface area contributed by atoms with Crippen LogP contribution in [0.3, 0.4) is 0 Å². The topological polar surface area (TPSA) is 53.7 Å². The van der Waals surface area contributed by atoms with Crippen LogP contribution in [0.5, 0.6) is 0 Å². The van der Waals surface area contributed by atoms with E-state index >= 15 is 0 Å². The van der Waals surface area contributed by atoms with Gasteiger partial charge >= 0.3 is 0 Å². The molecule has 0 aliphatic carbocycles. The number of aromatic nitrogens is 3. The summed E-state index contributed by atoms with van der Waals surface area (Å²) in [6.07, 6.45) is 5.73. The molecule has 2 aromatic heterocycles. The average Bonchev–Trinajstić information content (AvgIpc) is 3.12. The number of carbonyl (C=O) groups is 1. The van der Waals surface area contributed by atoms with Crippen LogP contribution in [0.2, 0.25) is 0 Å². The first-order valence-corrected chi connectivity index (χ1v) is 7.80. The average molecular weight is 301 g/mol. The molecule has 3 heterocycles. The Balaban J connectivity index is 2.07. The number of hydrogen-bond acceptors (Lipinski definition) is 4. The summed E-state index contributed by atoms with van der Waals surface area (Å²) in [5.74, 6) is -0.0632. The Hall–Kier alpha value is -1.95. The Morgan fingerprint density at radius 1 is 1.41 bits per heavy atom. The van der Waals surface area contributed by atoms with Crippen molar-refractivity contribution in [2.75, 3.05) is 20.6 Å². The lowest BCUT2D eigenvalue weighted by Gasteiger charge is -2.28. The van der Waals surface area contributed by atoms with Gasteiger partial charge in [0.1, 0.15) is 5.56 Å². The van der Waals surface area contributed by atoms with Crippen molar-refractivity contribution in [3.8, 4) is 0 Å². The van der Waals surface area contributed by atoms with E-state index in [1.54, 1.807) is 31.4 Å². The highest BCUT2D eigenvalue weighted by Gasteiger charge is 2.30. The third-order valence-corrected chi connectivity index (χ3v) is 4.37. The molecule has 1 aliphatic rings. The van der Waals surface area contributed by atoms with Crippen molar-refractivity contribution in [1.82, 2.24) is 24.4 Å². The second kappa shape index (κ2) is 5.68. The predicted molar refractivity (Wildman–Crippen MR) is 84.8 cm³/mol. The van der Waals surface area contributed by atoms with Crippen LogP contribution < -0.4 is 0 Å². The van der Waals surface area contributed by atoms with E-state index in [9.17, 15) is 4.79 Å². The van der Waals surface area contributed by atoms with Crippen molar-refractivity contribution in [1.29, 1.82) is 0 Å². The lowest BCUT2D eigenvalue weighted by atomic mass is 10.1. The second-order valence-electron chi connectivity index (χ2n) is 6.35. The zero-order chi connectivity index (χ0) is 15.9. The maximum absolute atomic E-state index is 12.2. The Morgan fingerprint density at radius 3 is 2.86 bits per heavy atom. The summed E-state index contributed by atoms with van der Waals surface area (Å²) in [7, 11) is 3.49. The van der Waals surface area contributed by atoms with E-state index in [1.807, 2.05) is 10.6 Å². The van der Waals surface area contributed by atoms with Gasteiger partial charge < -0.3 is 4.90 Å². The van der Waals surface area contributed by atoms with E-state index in [4.69, 9.17) is 0 Å². The van der Waals surface area contributed by atoms with Gasteiger partial charge in [0.25, 0.3) is 5.91 Å². The third-order valence-electron chi connectivity index (χ3n) is 4.37. The normalized spacial score (nSPS) is 19.2. The molecule has 1 unspecified atom stereocenters. The van der Waals surface area contributed by atoms with Crippen molar-refractivity contribution >= 4 is 11.6 Å². The molecule has 118 valence electrons. The number of rotatable bonds is 3. The van der Waals surface area contributed by atoms with Crippen LogP contribution >= 0.6 is 0 Å². The molecule has 0 aromatic carbocycles. The van der Waals surface area contributed by atoms with E-state index in [0.29, 0.717) is 23.3 Å². The van der Waals surface area contributed by atoms with Crippen LogP contribution in [-0.4, -0.2) is 57.0 Å². The maximum Gasteiger partial charge on any atom is 0.258 e. The van der Waals surface area contributed by atoms with E-state index < -0.39 is 0 Å². The summed E-state index contributed by atoms with van der Waals surface area (Å²) in [5, 5.41) is 4.44. The van der Waals surface area contributed by atoms with E-state index in [0.717, 1.165) is 18.7 Å². The molecular weight excluding hydrogens is 278 g/mol. The van der Waals surface area contributed by atoms with Crippen LogP contribution in [0, 0.1) is 0 Å². The first-order valence-electron chi connectivity index (χ1n) is 7.80. The predicted octanol–water partition coefficient (Wildman–Crippen LogP) is 1.98. The van der Waals surface area contributed by atoms with Crippen LogP contribution in [0.15, 0.2) is 18.5 Å². The summed E-state index contributed by atoms with van der Waals surface area (Å²) in [4.78, 5) is 20.7. The first kappa shape index (κ1) is 15.0. The van der Waals surface area contributed by atoms with Crippen molar-refractivity contribution < 1.29 is 4.79 Å². The molecule has 1 fully saturated rings. The van der Waals surface area contributed by atoms with Crippen LogP contribution in [0.1, 0.15) is 48.8 Å². The number of likely N-dealkylation sites (tertiary alicyclic amines) is 1. The van der Waals surface area contributed by atoms with Crippen molar-refractivity contribution in [3.05, 3.63) is 29.7 Å². The monoisotopic (exact) mass is 301 g/mol. The van der Waals surface area contributed by atoms with Gasteiger partial charge in [0.2, 0.25) is 0 Å². The maximum atomic E-state index is 12.2. The van der Waals surface area contributed by atoms with E-state index in [-0.39, 0.29) is 5.91 Å².